The molecule has 4 heteroatoms. The zero-order valence-corrected chi connectivity index (χ0v) is 6.99. The van der Waals surface area contributed by atoms with Crippen molar-refractivity contribution < 1.29 is 9.90 Å². The van der Waals surface area contributed by atoms with E-state index in [1.165, 1.54) is 0 Å². The van der Waals surface area contributed by atoms with Crippen molar-refractivity contribution in [1.82, 2.24) is 10.2 Å². The summed E-state index contributed by atoms with van der Waals surface area (Å²) in [5.74, 6) is -0.0383. The number of aliphatic hydroxyl groups is 1. The first-order valence-electron chi connectivity index (χ1n) is 4.03. The third kappa shape index (κ3) is 1.84. The molecule has 0 spiro atoms. The van der Waals surface area contributed by atoms with Gasteiger partial charge in [-0.15, -0.1) is 6.58 Å². The van der Waals surface area contributed by atoms with Crippen LogP contribution in [-0.4, -0.2) is 48.2 Å². The molecule has 0 bridgehead atoms. The van der Waals surface area contributed by atoms with E-state index in [0.29, 0.717) is 13.1 Å². The van der Waals surface area contributed by atoms with Gasteiger partial charge in [0.25, 0.3) is 0 Å². The van der Waals surface area contributed by atoms with Crippen molar-refractivity contribution in [2.24, 2.45) is 0 Å². The first kappa shape index (κ1) is 9.22. The van der Waals surface area contributed by atoms with Crippen molar-refractivity contribution in [1.29, 1.82) is 0 Å². The van der Waals surface area contributed by atoms with Crippen molar-refractivity contribution >= 4 is 5.91 Å². The lowest BCUT2D eigenvalue weighted by molar-refractivity contribution is -0.136. The van der Waals surface area contributed by atoms with E-state index >= 15 is 0 Å². The quantitative estimate of drug-likeness (QED) is 0.532. The lowest BCUT2D eigenvalue weighted by Gasteiger charge is -2.31. The summed E-state index contributed by atoms with van der Waals surface area (Å²) in [6.07, 6.45) is 1.69. The van der Waals surface area contributed by atoms with Gasteiger partial charge in [0, 0.05) is 19.6 Å². The summed E-state index contributed by atoms with van der Waals surface area (Å²) in [5.41, 5.74) is 0. The van der Waals surface area contributed by atoms with Crippen molar-refractivity contribution in [3.8, 4) is 0 Å². The minimum atomic E-state index is -0.418. The molecule has 68 valence electrons. The maximum atomic E-state index is 11.4. The summed E-state index contributed by atoms with van der Waals surface area (Å²) in [5, 5.41) is 11.7. The van der Waals surface area contributed by atoms with Crippen molar-refractivity contribution in [2.45, 2.75) is 6.04 Å². The molecule has 0 aromatic carbocycles. The summed E-state index contributed by atoms with van der Waals surface area (Å²) < 4.78 is 0. The number of hydrogen-bond acceptors (Lipinski definition) is 3. The van der Waals surface area contributed by atoms with Gasteiger partial charge >= 0.3 is 0 Å². The van der Waals surface area contributed by atoms with Gasteiger partial charge in [-0.1, -0.05) is 6.08 Å². The highest BCUT2D eigenvalue weighted by Crippen LogP contribution is 2.00. The molecule has 0 aromatic heterocycles. The normalized spacial score (nSPS) is 24.2. The zero-order chi connectivity index (χ0) is 8.97. The van der Waals surface area contributed by atoms with Crippen LogP contribution in [-0.2, 0) is 4.79 Å². The van der Waals surface area contributed by atoms with Gasteiger partial charge in [-0.3, -0.25) is 4.79 Å². The molecule has 1 atom stereocenters. The maximum absolute atomic E-state index is 11.4. The van der Waals surface area contributed by atoms with Gasteiger partial charge in [0.2, 0.25) is 5.91 Å². The van der Waals surface area contributed by atoms with E-state index in [0.717, 1.165) is 6.54 Å². The summed E-state index contributed by atoms with van der Waals surface area (Å²) in [4.78, 5) is 13.1. The van der Waals surface area contributed by atoms with Gasteiger partial charge in [-0.25, -0.2) is 0 Å². The molecule has 1 unspecified atom stereocenters. The summed E-state index contributed by atoms with van der Waals surface area (Å²) in [6.45, 7) is 5.43. The Labute approximate surface area is 71.9 Å². The average Bonchev–Trinajstić information content (AvgIpc) is 2.09. The van der Waals surface area contributed by atoms with Crippen LogP contribution in [0.2, 0.25) is 0 Å². The number of nitrogens with zero attached hydrogens (tertiary/aromatic N) is 1. The minimum absolute atomic E-state index is 0.0383. The first-order chi connectivity index (χ1) is 5.79. The van der Waals surface area contributed by atoms with E-state index in [-0.39, 0.29) is 12.5 Å². The molecule has 4 nitrogen and oxygen atoms in total. The van der Waals surface area contributed by atoms with E-state index in [1.54, 1.807) is 11.0 Å². The van der Waals surface area contributed by atoms with Crippen LogP contribution in [0, 0.1) is 0 Å². The molecule has 0 aromatic rings. The van der Waals surface area contributed by atoms with E-state index < -0.39 is 6.04 Å². The smallest absolute Gasteiger partial charge is 0.242 e. The number of amides is 1. The largest absolute Gasteiger partial charge is 0.394 e. The Kier molecular flexibility index (Phi) is 3.25. The highest BCUT2D eigenvalue weighted by molar-refractivity contribution is 5.82. The number of aliphatic hydroxyl groups excluding tert-OH is 1. The van der Waals surface area contributed by atoms with Crippen LogP contribution in [0.25, 0.3) is 0 Å². The number of piperazine rings is 1. The summed E-state index contributed by atoms with van der Waals surface area (Å²) >= 11 is 0. The van der Waals surface area contributed by atoms with Gasteiger partial charge in [-0.05, 0) is 0 Å². The molecule has 0 aliphatic carbocycles. The van der Waals surface area contributed by atoms with Crippen LogP contribution in [0.4, 0.5) is 0 Å². The molecule has 12 heavy (non-hydrogen) atoms. The average molecular weight is 170 g/mol. The molecule has 1 fully saturated rings. The minimum Gasteiger partial charge on any atom is -0.394 e. The molecule has 2 N–H and O–H groups in total. The van der Waals surface area contributed by atoms with E-state index in [1.807, 2.05) is 0 Å². The Morgan fingerprint density at radius 2 is 2.58 bits per heavy atom. The summed E-state index contributed by atoms with van der Waals surface area (Å²) in [7, 11) is 0. The molecule has 1 rings (SSSR count). The Balaban J connectivity index is 2.52. The van der Waals surface area contributed by atoms with Crippen molar-refractivity contribution in [3.05, 3.63) is 12.7 Å². The lowest BCUT2D eigenvalue weighted by Crippen LogP contribution is -2.56. The Hall–Kier alpha value is -0.870. The molecule has 1 aliphatic rings. The van der Waals surface area contributed by atoms with Crippen molar-refractivity contribution in [3.63, 3.8) is 0 Å². The Morgan fingerprint density at radius 1 is 1.83 bits per heavy atom. The molecule has 1 saturated heterocycles. The predicted octanol–water partition coefficient (Wildman–Crippen LogP) is -1.03. The van der Waals surface area contributed by atoms with Crippen LogP contribution < -0.4 is 5.32 Å². The van der Waals surface area contributed by atoms with Crippen LogP contribution in [0.15, 0.2) is 12.7 Å². The Morgan fingerprint density at radius 3 is 3.17 bits per heavy atom. The first-order valence-corrected chi connectivity index (χ1v) is 4.03. The highest BCUT2D eigenvalue weighted by Gasteiger charge is 2.26. The fourth-order valence-corrected chi connectivity index (χ4v) is 1.27. The van der Waals surface area contributed by atoms with E-state index in [2.05, 4.69) is 11.9 Å². The van der Waals surface area contributed by atoms with Crippen LogP contribution in [0.3, 0.4) is 0 Å². The SMILES string of the molecule is C=CCN1CCNC(CO)C1=O. The van der Waals surface area contributed by atoms with Gasteiger partial charge in [0.05, 0.1) is 6.61 Å². The van der Waals surface area contributed by atoms with Gasteiger partial charge in [0.1, 0.15) is 6.04 Å². The number of hydrogen-bond donors (Lipinski definition) is 2. The zero-order valence-electron chi connectivity index (χ0n) is 6.99. The Bertz CT molecular complexity index is 182. The number of nitrogens with one attached hydrogen (secondary N) is 1. The molecule has 0 saturated carbocycles. The van der Waals surface area contributed by atoms with Gasteiger partial charge in [-0.2, -0.15) is 0 Å². The third-order valence-corrected chi connectivity index (χ3v) is 1.91. The van der Waals surface area contributed by atoms with Gasteiger partial charge in [0.15, 0.2) is 0 Å². The number of carbonyl (C=O) groups excluding carboxylic acids is 1. The van der Waals surface area contributed by atoms with Crippen LogP contribution in [0.1, 0.15) is 0 Å². The second kappa shape index (κ2) is 4.23. The molecule has 1 aliphatic heterocycles. The predicted molar refractivity (Wildman–Crippen MR) is 45.7 cm³/mol. The standard InChI is InChI=1S/C8H14N2O2/c1-2-4-10-5-3-9-7(6-11)8(10)12/h2,7,9,11H,1,3-6H2. The van der Waals surface area contributed by atoms with E-state index in [9.17, 15) is 4.79 Å². The monoisotopic (exact) mass is 170 g/mol. The molecular formula is C8H14N2O2. The maximum Gasteiger partial charge on any atom is 0.242 e. The van der Waals surface area contributed by atoms with Gasteiger partial charge < -0.3 is 15.3 Å². The molecule has 1 heterocycles. The highest BCUT2D eigenvalue weighted by atomic mass is 16.3. The number of carbonyl (C=O) groups is 1. The molecule has 1 amide bonds. The lowest BCUT2D eigenvalue weighted by atomic mass is 10.2. The van der Waals surface area contributed by atoms with E-state index in [4.69, 9.17) is 5.11 Å². The molecule has 0 radical (unpaired) electrons. The van der Waals surface area contributed by atoms with Crippen LogP contribution >= 0.6 is 0 Å². The fourth-order valence-electron chi connectivity index (χ4n) is 1.27. The van der Waals surface area contributed by atoms with Crippen molar-refractivity contribution in [2.75, 3.05) is 26.2 Å². The third-order valence-electron chi connectivity index (χ3n) is 1.91. The summed E-state index contributed by atoms with van der Waals surface area (Å²) in [6, 6.07) is -0.418. The fraction of sp³-hybridized carbons (Fsp3) is 0.625. The molecular weight excluding hydrogens is 156 g/mol. The second-order valence-corrected chi connectivity index (χ2v) is 2.76. The topological polar surface area (TPSA) is 52.6 Å². The second-order valence-electron chi connectivity index (χ2n) is 2.76. The van der Waals surface area contributed by atoms with Crippen LogP contribution in [0.5, 0.6) is 0 Å². The number of rotatable bonds is 3.